The van der Waals surface area contributed by atoms with Crippen LogP contribution >= 0.6 is 0 Å². The van der Waals surface area contributed by atoms with Crippen molar-refractivity contribution >= 4 is 5.97 Å². The summed E-state index contributed by atoms with van der Waals surface area (Å²) in [6.45, 7) is 7.54. The van der Waals surface area contributed by atoms with Gasteiger partial charge in [0.25, 0.3) is 0 Å². The SMILES string of the molecule is C=C1C(=O)O[C@@H]2C=C(C)CCC=C(CNCCO)CC[C@@H]12. The van der Waals surface area contributed by atoms with Gasteiger partial charge in [-0.15, -0.1) is 0 Å². The van der Waals surface area contributed by atoms with Crippen LogP contribution in [0.3, 0.4) is 0 Å². The van der Waals surface area contributed by atoms with Gasteiger partial charge in [0.2, 0.25) is 0 Å². The lowest BCUT2D eigenvalue weighted by Crippen LogP contribution is -2.22. The quantitative estimate of drug-likeness (QED) is 0.360. The van der Waals surface area contributed by atoms with Crippen molar-refractivity contribution in [3.63, 3.8) is 0 Å². The molecule has 4 nitrogen and oxygen atoms in total. The molecule has 2 aliphatic rings. The van der Waals surface area contributed by atoms with E-state index in [1.54, 1.807) is 0 Å². The summed E-state index contributed by atoms with van der Waals surface area (Å²) in [7, 11) is 0. The molecule has 116 valence electrons. The topological polar surface area (TPSA) is 58.6 Å². The number of hydrogen-bond donors (Lipinski definition) is 2. The maximum absolute atomic E-state index is 11.7. The van der Waals surface area contributed by atoms with E-state index in [2.05, 4.69) is 31.0 Å². The molecule has 0 radical (unpaired) electrons. The molecule has 1 saturated heterocycles. The van der Waals surface area contributed by atoms with Gasteiger partial charge >= 0.3 is 5.97 Å². The fourth-order valence-electron chi connectivity index (χ4n) is 2.92. The van der Waals surface area contributed by atoms with Crippen molar-refractivity contribution in [1.29, 1.82) is 0 Å². The molecule has 0 aromatic heterocycles. The van der Waals surface area contributed by atoms with Crippen LogP contribution < -0.4 is 5.32 Å². The minimum Gasteiger partial charge on any atom is -0.454 e. The van der Waals surface area contributed by atoms with E-state index in [9.17, 15) is 4.79 Å². The summed E-state index contributed by atoms with van der Waals surface area (Å²) in [4.78, 5) is 11.7. The predicted octanol–water partition coefficient (Wildman–Crippen LogP) is 2.11. The summed E-state index contributed by atoms with van der Waals surface area (Å²) in [5, 5.41) is 12.1. The Balaban J connectivity index is 2.07. The Labute approximate surface area is 126 Å². The second kappa shape index (κ2) is 7.57. The van der Waals surface area contributed by atoms with Gasteiger partial charge in [-0.05, 0) is 38.7 Å². The zero-order valence-corrected chi connectivity index (χ0v) is 12.7. The third-order valence-corrected chi connectivity index (χ3v) is 4.19. The van der Waals surface area contributed by atoms with Crippen molar-refractivity contribution in [2.24, 2.45) is 5.92 Å². The van der Waals surface area contributed by atoms with Gasteiger partial charge in [0.15, 0.2) is 0 Å². The Kier molecular flexibility index (Phi) is 5.76. The highest BCUT2D eigenvalue weighted by atomic mass is 16.5. The molecule has 21 heavy (non-hydrogen) atoms. The van der Waals surface area contributed by atoms with Crippen LogP contribution in [0.1, 0.15) is 32.6 Å². The summed E-state index contributed by atoms with van der Waals surface area (Å²) >= 11 is 0. The molecule has 0 aromatic rings. The number of nitrogens with one attached hydrogen (secondary N) is 1. The van der Waals surface area contributed by atoms with Gasteiger partial charge in [-0.1, -0.05) is 23.8 Å². The smallest absolute Gasteiger partial charge is 0.334 e. The lowest BCUT2D eigenvalue weighted by Gasteiger charge is -2.18. The first-order valence-electron chi connectivity index (χ1n) is 7.68. The van der Waals surface area contributed by atoms with E-state index in [0.717, 1.165) is 32.2 Å². The Morgan fingerprint density at radius 1 is 1.48 bits per heavy atom. The standard InChI is InChI=1S/C17H25NO3/c1-12-4-3-5-14(11-18-8-9-19)6-7-15-13(2)17(20)21-16(15)10-12/h5,10,15-16,18-19H,2-4,6-9,11H2,1H3/t15-,16+/m0/s1. The molecule has 0 unspecified atom stereocenters. The lowest BCUT2D eigenvalue weighted by molar-refractivity contribution is -0.137. The average Bonchev–Trinajstić information content (AvgIpc) is 2.71. The second-order valence-corrected chi connectivity index (χ2v) is 5.85. The number of rotatable bonds is 4. The molecule has 0 amide bonds. The number of esters is 1. The minimum atomic E-state index is -0.253. The van der Waals surface area contributed by atoms with Crippen molar-refractivity contribution in [3.8, 4) is 0 Å². The minimum absolute atomic E-state index is 0.0896. The number of carbonyl (C=O) groups excluding carboxylic acids is 1. The van der Waals surface area contributed by atoms with Crippen LogP contribution in [0.5, 0.6) is 0 Å². The predicted molar refractivity (Wildman–Crippen MR) is 82.8 cm³/mol. The fraction of sp³-hybridized carbons (Fsp3) is 0.588. The van der Waals surface area contributed by atoms with Crippen LogP contribution in [0, 0.1) is 5.92 Å². The average molecular weight is 291 g/mol. The van der Waals surface area contributed by atoms with E-state index in [0.29, 0.717) is 12.1 Å². The second-order valence-electron chi connectivity index (χ2n) is 5.85. The van der Waals surface area contributed by atoms with E-state index in [4.69, 9.17) is 9.84 Å². The normalized spacial score (nSPS) is 26.8. The van der Waals surface area contributed by atoms with Gasteiger partial charge < -0.3 is 15.2 Å². The molecule has 0 saturated carbocycles. The van der Waals surface area contributed by atoms with Crippen molar-refractivity contribution < 1.29 is 14.6 Å². The first kappa shape index (κ1) is 16.0. The van der Waals surface area contributed by atoms with E-state index in [-0.39, 0.29) is 24.6 Å². The third-order valence-electron chi connectivity index (χ3n) is 4.19. The van der Waals surface area contributed by atoms with Crippen molar-refractivity contribution in [2.75, 3.05) is 19.7 Å². The van der Waals surface area contributed by atoms with Crippen LogP contribution in [0.25, 0.3) is 0 Å². The molecular formula is C17H25NO3. The summed E-state index contributed by atoms with van der Waals surface area (Å²) in [5.41, 5.74) is 3.20. The molecule has 0 spiro atoms. The first-order valence-corrected chi connectivity index (χ1v) is 7.68. The molecule has 1 fully saturated rings. The highest BCUT2D eigenvalue weighted by Gasteiger charge is 2.37. The molecule has 0 aromatic carbocycles. The van der Waals surface area contributed by atoms with Gasteiger partial charge in [0.1, 0.15) is 6.10 Å². The van der Waals surface area contributed by atoms with Gasteiger partial charge in [-0.2, -0.15) is 0 Å². The fourth-order valence-corrected chi connectivity index (χ4v) is 2.92. The van der Waals surface area contributed by atoms with Crippen molar-refractivity contribution in [3.05, 3.63) is 35.5 Å². The zero-order valence-electron chi connectivity index (χ0n) is 12.7. The van der Waals surface area contributed by atoms with E-state index >= 15 is 0 Å². The number of fused-ring (bicyclic) bond motifs is 1. The molecule has 1 heterocycles. The monoisotopic (exact) mass is 291 g/mol. The Morgan fingerprint density at radius 2 is 2.29 bits per heavy atom. The Bertz CT molecular complexity index is 465. The lowest BCUT2D eigenvalue weighted by atomic mass is 9.88. The molecule has 1 aliphatic heterocycles. The number of aliphatic hydroxyl groups excluding tert-OH is 1. The molecule has 2 N–H and O–H groups in total. The maximum atomic E-state index is 11.7. The van der Waals surface area contributed by atoms with Crippen LogP contribution in [0.4, 0.5) is 0 Å². The Morgan fingerprint density at radius 3 is 3.05 bits per heavy atom. The highest BCUT2D eigenvalue weighted by Crippen LogP contribution is 2.34. The first-order chi connectivity index (χ1) is 10.1. The summed E-state index contributed by atoms with van der Waals surface area (Å²) in [5.74, 6) is -0.163. The van der Waals surface area contributed by atoms with Gasteiger partial charge in [-0.3, -0.25) is 0 Å². The summed E-state index contributed by atoms with van der Waals surface area (Å²) < 4.78 is 5.43. The van der Waals surface area contributed by atoms with Crippen LogP contribution in [0.15, 0.2) is 35.5 Å². The number of carbonyl (C=O) groups is 1. The van der Waals surface area contributed by atoms with E-state index in [1.807, 2.05) is 0 Å². The van der Waals surface area contributed by atoms with Gasteiger partial charge in [0, 0.05) is 24.6 Å². The summed E-state index contributed by atoms with van der Waals surface area (Å²) in [6.07, 6.45) is 8.02. The highest BCUT2D eigenvalue weighted by molar-refractivity contribution is 5.91. The molecule has 2 atom stereocenters. The van der Waals surface area contributed by atoms with E-state index < -0.39 is 0 Å². The molecular weight excluding hydrogens is 266 g/mol. The number of aliphatic hydroxyl groups is 1. The zero-order chi connectivity index (χ0) is 15.2. The van der Waals surface area contributed by atoms with Crippen LogP contribution in [-0.2, 0) is 9.53 Å². The number of allylic oxidation sites excluding steroid dienone is 2. The Hall–Kier alpha value is -1.39. The summed E-state index contributed by atoms with van der Waals surface area (Å²) in [6, 6.07) is 0. The van der Waals surface area contributed by atoms with Crippen LogP contribution in [-0.4, -0.2) is 36.9 Å². The van der Waals surface area contributed by atoms with Gasteiger partial charge in [-0.25, -0.2) is 4.79 Å². The molecule has 1 aliphatic carbocycles. The number of hydrogen-bond acceptors (Lipinski definition) is 4. The van der Waals surface area contributed by atoms with Crippen LogP contribution in [0.2, 0.25) is 0 Å². The third kappa shape index (κ3) is 4.29. The molecule has 2 rings (SSSR count). The van der Waals surface area contributed by atoms with Crippen molar-refractivity contribution in [2.45, 2.75) is 38.7 Å². The van der Waals surface area contributed by atoms with E-state index in [1.165, 1.54) is 11.1 Å². The van der Waals surface area contributed by atoms with Gasteiger partial charge in [0.05, 0.1) is 6.61 Å². The maximum Gasteiger partial charge on any atom is 0.334 e. The molecule has 0 bridgehead atoms. The molecule has 4 heteroatoms. The largest absolute Gasteiger partial charge is 0.454 e. The van der Waals surface area contributed by atoms with Crippen molar-refractivity contribution in [1.82, 2.24) is 5.32 Å². The number of ether oxygens (including phenoxy) is 1.